The molecule has 25 heavy (non-hydrogen) atoms. The van der Waals surface area contributed by atoms with Crippen LogP contribution in [-0.2, 0) is 17.7 Å². The van der Waals surface area contributed by atoms with Crippen LogP contribution in [0.2, 0.25) is 0 Å². The maximum atomic E-state index is 11.8. The number of carbonyl (C=O) groups is 1. The summed E-state index contributed by atoms with van der Waals surface area (Å²) in [5.41, 5.74) is -5.31. The molecule has 1 aliphatic rings. The standard InChI is InChI=1S/C21H23NO3/c1-22(2)11-5-8-18-17-7-4-3-6-16(17)14-25-20-10-9-15(12-19(18)20)13-21(23)24/h3-4,6-10,12H,5,11,13-14H2,1-2H3,(H,23,24)/b18-8-/i3D,4D,5D2,6D,7D,8D,9D,10D,11D2,12D,13D2,14D2. The summed E-state index contributed by atoms with van der Waals surface area (Å²) in [4.78, 5) is 12.5. The average molecular weight is 354 g/mol. The SMILES string of the molecule is [2H]/C(=C1/c2c([2H])c(C([2H])([2H])C(=O)O)c([2H])c([2H])c2OC([2H])([2H])c2c([2H])c([2H])c([2H])c([2H])c21)C([2H])([2H])C([2H])([2H])N(C)C. The highest BCUT2D eigenvalue weighted by molar-refractivity contribution is 5.85. The van der Waals surface area contributed by atoms with Gasteiger partial charge >= 0.3 is 5.97 Å². The van der Waals surface area contributed by atoms with Crippen molar-refractivity contribution in [2.45, 2.75) is 19.3 Å². The summed E-state index contributed by atoms with van der Waals surface area (Å²) in [6.45, 7) is -6.33. The molecule has 0 amide bonds. The van der Waals surface area contributed by atoms with Crippen LogP contribution in [0.15, 0.2) is 48.3 Å². The van der Waals surface area contributed by atoms with Crippen LogP contribution in [0.1, 0.15) is 50.6 Å². The normalized spacial score (nSPS) is 28.0. The third-order valence-corrected chi connectivity index (χ3v) is 2.92. The smallest absolute Gasteiger partial charge is 0.307 e. The molecule has 0 aliphatic carbocycles. The molecular weight excluding hydrogens is 314 g/mol. The van der Waals surface area contributed by atoms with Crippen molar-refractivity contribution >= 4 is 11.5 Å². The highest BCUT2D eigenvalue weighted by Gasteiger charge is 2.19. The molecule has 2 aromatic rings. The fourth-order valence-corrected chi connectivity index (χ4v) is 1.95. The summed E-state index contributed by atoms with van der Waals surface area (Å²) >= 11 is 0. The van der Waals surface area contributed by atoms with E-state index in [-0.39, 0.29) is 0 Å². The number of carboxylic acid groups (broad SMARTS) is 1. The van der Waals surface area contributed by atoms with Crippen molar-refractivity contribution in [2.24, 2.45) is 0 Å². The summed E-state index contributed by atoms with van der Waals surface area (Å²) in [7, 11) is 2.25. The van der Waals surface area contributed by atoms with Crippen LogP contribution in [0.5, 0.6) is 5.75 Å². The Hall–Kier alpha value is -2.59. The van der Waals surface area contributed by atoms with Crippen LogP contribution in [0.25, 0.3) is 5.57 Å². The zero-order valence-corrected chi connectivity index (χ0v) is 13.2. The molecule has 0 radical (unpaired) electrons. The fraction of sp³-hybridized carbons (Fsp3) is 0.286. The summed E-state index contributed by atoms with van der Waals surface area (Å²) < 4.78 is 139. The highest BCUT2D eigenvalue weighted by Crippen LogP contribution is 2.37. The number of fused-ring (bicyclic) bond motifs is 2. The molecule has 0 atom stereocenters. The molecule has 1 aliphatic heterocycles. The molecule has 0 saturated heterocycles. The molecule has 3 rings (SSSR count). The number of nitrogens with zero attached hydrogens (tertiary/aromatic N) is 1. The predicted octanol–water partition coefficient (Wildman–Crippen LogP) is 3.59. The number of hydrogen-bond donors (Lipinski definition) is 1. The second-order valence-electron chi connectivity index (χ2n) is 4.97. The van der Waals surface area contributed by atoms with E-state index in [1.165, 1.54) is 0 Å². The Balaban J connectivity index is 2.83. The maximum absolute atomic E-state index is 11.8. The quantitative estimate of drug-likeness (QED) is 0.892. The lowest BCUT2D eigenvalue weighted by Crippen LogP contribution is -2.12. The summed E-state index contributed by atoms with van der Waals surface area (Å²) in [5, 5.41) is 9.50. The number of aliphatic carboxylic acids is 1. The van der Waals surface area contributed by atoms with E-state index in [1.54, 1.807) is 0 Å². The fourth-order valence-electron chi connectivity index (χ4n) is 1.95. The van der Waals surface area contributed by atoms with Gasteiger partial charge in [0.25, 0.3) is 0 Å². The van der Waals surface area contributed by atoms with Gasteiger partial charge in [-0.2, -0.15) is 0 Å². The summed E-state index contributed by atoms with van der Waals surface area (Å²) in [6, 6.07) is -9.18. The second kappa shape index (κ2) is 7.53. The first kappa shape index (κ1) is 6.29. The third kappa shape index (κ3) is 4.09. The van der Waals surface area contributed by atoms with Crippen LogP contribution in [0, 0.1) is 0 Å². The molecule has 0 unspecified atom stereocenters. The van der Waals surface area contributed by atoms with Crippen LogP contribution in [-0.4, -0.2) is 36.6 Å². The van der Waals surface area contributed by atoms with Gasteiger partial charge in [-0.05, 0) is 54.8 Å². The van der Waals surface area contributed by atoms with Gasteiger partial charge in [0.15, 0.2) is 0 Å². The molecule has 2 aromatic carbocycles. The van der Waals surface area contributed by atoms with Crippen molar-refractivity contribution in [2.75, 3.05) is 20.6 Å². The van der Waals surface area contributed by atoms with Gasteiger partial charge in [0.05, 0.1) is 20.1 Å². The molecule has 4 nitrogen and oxygen atoms in total. The maximum Gasteiger partial charge on any atom is 0.307 e. The Bertz CT molecular complexity index is 1520. The molecule has 1 heterocycles. The van der Waals surface area contributed by atoms with Gasteiger partial charge in [-0.3, -0.25) is 4.79 Å². The summed E-state index contributed by atoms with van der Waals surface area (Å²) in [6.07, 6.45) is -6.94. The van der Waals surface area contributed by atoms with Gasteiger partial charge in [-0.1, -0.05) is 36.3 Å². The lowest BCUT2D eigenvalue weighted by atomic mass is 9.92. The highest BCUT2D eigenvalue weighted by atomic mass is 16.5. The van der Waals surface area contributed by atoms with E-state index in [4.69, 9.17) is 26.7 Å². The second-order valence-corrected chi connectivity index (χ2v) is 4.97. The van der Waals surface area contributed by atoms with E-state index >= 15 is 0 Å². The average Bonchev–Trinajstić information content (AvgIpc) is 2.95. The molecular formula is C21H23NO3. The Kier molecular flexibility index (Phi) is 1.90. The molecule has 0 aromatic heterocycles. The lowest BCUT2D eigenvalue weighted by molar-refractivity contribution is -0.136. The molecule has 0 saturated carbocycles. The number of rotatable bonds is 5. The molecule has 4 heteroatoms. The van der Waals surface area contributed by atoms with Crippen molar-refractivity contribution in [3.63, 3.8) is 0 Å². The van der Waals surface area contributed by atoms with E-state index in [2.05, 4.69) is 0 Å². The van der Waals surface area contributed by atoms with E-state index in [1.807, 2.05) is 0 Å². The van der Waals surface area contributed by atoms with Gasteiger partial charge in [0, 0.05) is 20.3 Å². The molecule has 0 fully saturated rings. The van der Waals surface area contributed by atoms with Gasteiger partial charge in [-0.25, -0.2) is 0 Å². The number of hydrogen-bond acceptors (Lipinski definition) is 3. The Morgan fingerprint density at radius 2 is 2.20 bits per heavy atom. The van der Waals surface area contributed by atoms with E-state index in [0.717, 1.165) is 19.0 Å². The van der Waals surface area contributed by atoms with E-state index in [0.29, 0.717) is 0 Å². The van der Waals surface area contributed by atoms with E-state index < -0.39 is 114 Å². The van der Waals surface area contributed by atoms with Gasteiger partial charge in [0.1, 0.15) is 12.3 Å². The number of carboxylic acids is 1. The van der Waals surface area contributed by atoms with Crippen molar-refractivity contribution in [1.82, 2.24) is 4.90 Å². The minimum Gasteiger partial charge on any atom is -0.488 e. The zero-order valence-electron chi connectivity index (χ0n) is 29.2. The third-order valence-electron chi connectivity index (χ3n) is 2.92. The zero-order chi connectivity index (χ0) is 31.9. The Labute approximate surface area is 170 Å². The first-order valence-corrected chi connectivity index (χ1v) is 6.95. The van der Waals surface area contributed by atoms with Crippen molar-refractivity contribution in [3.8, 4) is 5.75 Å². The minimum absolute atomic E-state index is 0.746. The topological polar surface area (TPSA) is 49.8 Å². The van der Waals surface area contributed by atoms with Crippen molar-refractivity contribution < 1.29 is 36.6 Å². The van der Waals surface area contributed by atoms with Crippen molar-refractivity contribution in [3.05, 3.63) is 70.6 Å². The van der Waals surface area contributed by atoms with Crippen LogP contribution < -0.4 is 4.74 Å². The number of ether oxygens (including phenoxy) is 1. The first-order chi connectivity index (χ1) is 18.4. The van der Waals surface area contributed by atoms with Gasteiger partial charge in [0.2, 0.25) is 0 Å². The first-order valence-electron chi connectivity index (χ1n) is 15.0. The van der Waals surface area contributed by atoms with Crippen LogP contribution in [0.3, 0.4) is 0 Å². The lowest BCUT2D eigenvalue weighted by Gasteiger charge is -2.13. The summed E-state index contributed by atoms with van der Waals surface area (Å²) in [5.74, 6) is -3.27. The Morgan fingerprint density at radius 3 is 2.96 bits per heavy atom. The van der Waals surface area contributed by atoms with Gasteiger partial charge < -0.3 is 14.7 Å². The van der Waals surface area contributed by atoms with Crippen LogP contribution >= 0.6 is 0 Å². The molecule has 0 spiro atoms. The number of benzene rings is 2. The van der Waals surface area contributed by atoms with Gasteiger partial charge in [-0.15, -0.1) is 0 Å². The molecule has 1 N–H and O–H groups in total. The van der Waals surface area contributed by atoms with E-state index in [9.17, 15) is 9.90 Å². The Morgan fingerprint density at radius 1 is 1.40 bits per heavy atom. The van der Waals surface area contributed by atoms with Crippen molar-refractivity contribution in [1.29, 1.82) is 0 Å². The van der Waals surface area contributed by atoms with Crippen LogP contribution in [0.4, 0.5) is 0 Å². The molecule has 0 bridgehead atoms. The monoisotopic (exact) mass is 353 g/mol. The predicted molar refractivity (Wildman–Crippen MR) is 98.8 cm³/mol. The largest absolute Gasteiger partial charge is 0.488 e. The molecule has 130 valence electrons. The minimum atomic E-state index is -3.53.